The minimum Gasteiger partial charge on any atom is -0.458 e. The van der Waals surface area contributed by atoms with E-state index in [0.717, 1.165) is 48.8 Å². The van der Waals surface area contributed by atoms with Gasteiger partial charge in [-0.05, 0) is 96.4 Å². The van der Waals surface area contributed by atoms with Crippen LogP contribution in [0.3, 0.4) is 0 Å². The summed E-state index contributed by atoms with van der Waals surface area (Å²) in [7, 11) is 0. The maximum Gasteiger partial charge on any atom is 0.408 e. The molecule has 0 aliphatic rings. The van der Waals surface area contributed by atoms with Crippen LogP contribution in [-0.2, 0) is 30.3 Å². The van der Waals surface area contributed by atoms with Crippen LogP contribution in [0.1, 0.15) is 136 Å². The largest absolute Gasteiger partial charge is 0.458 e. The number of alkyl carbamates (subject to hydrolysis) is 1. The van der Waals surface area contributed by atoms with E-state index in [1.165, 1.54) is 0 Å². The molecule has 2 aromatic rings. The van der Waals surface area contributed by atoms with E-state index in [1.807, 2.05) is 76.2 Å². The molecule has 0 saturated carbocycles. The van der Waals surface area contributed by atoms with Gasteiger partial charge in [0.05, 0.1) is 0 Å². The first-order valence-corrected chi connectivity index (χ1v) is 18.8. The number of nitrogens with one attached hydrogen (secondary N) is 2. The number of nitrogens with zero attached hydrogens (tertiary/aromatic N) is 1. The molecule has 0 bridgehead atoms. The van der Waals surface area contributed by atoms with Crippen molar-refractivity contribution in [2.24, 2.45) is 5.92 Å². The van der Waals surface area contributed by atoms with Crippen LogP contribution in [0, 0.1) is 19.8 Å². The number of unbranched alkanes of at least 4 members (excludes halogenated alkanes) is 5. The molecule has 2 aromatic carbocycles. The minimum absolute atomic E-state index is 0.0557. The normalized spacial score (nSPS) is 13.6. The first-order chi connectivity index (χ1) is 23.8. The number of ether oxygens (including phenoxy) is 2. The predicted molar refractivity (Wildman–Crippen MR) is 204 cm³/mol. The molecule has 0 aliphatic carbocycles. The van der Waals surface area contributed by atoms with Crippen molar-refractivity contribution in [3.8, 4) is 0 Å². The van der Waals surface area contributed by atoms with E-state index in [2.05, 4.69) is 17.6 Å². The Morgan fingerprint density at radius 2 is 1.35 bits per heavy atom. The average Bonchev–Trinajstić information content (AvgIpc) is 3.01. The quantitative estimate of drug-likeness (QED) is 0.119. The molecule has 9 nitrogen and oxygen atoms in total. The summed E-state index contributed by atoms with van der Waals surface area (Å²) < 4.78 is 11.4. The van der Waals surface area contributed by atoms with Crippen LogP contribution < -0.4 is 10.6 Å². The first-order valence-electron chi connectivity index (χ1n) is 18.8. The Bertz CT molecular complexity index is 1410. The van der Waals surface area contributed by atoms with Gasteiger partial charge in [-0.25, -0.2) is 9.59 Å². The lowest BCUT2D eigenvalue weighted by molar-refractivity contribution is -0.159. The second-order valence-corrected chi connectivity index (χ2v) is 16.1. The summed E-state index contributed by atoms with van der Waals surface area (Å²) in [5.74, 6) is -1.37. The average molecular weight is 708 g/mol. The lowest BCUT2D eigenvalue weighted by atomic mass is 9.93. The monoisotopic (exact) mass is 707 g/mol. The molecular formula is C42H65N3O6. The number of hydrogen-bond donors (Lipinski definition) is 2. The molecule has 0 radical (unpaired) electrons. The van der Waals surface area contributed by atoms with Crippen LogP contribution >= 0.6 is 0 Å². The van der Waals surface area contributed by atoms with Crippen LogP contribution in [0.25, 0.3) is 0 Å². The third-order valence-corrected chi connectivity index (χ3v) is 8.52. The van der Waals surface area contributed by atoms with E-state index in [4.69, 9.17) is 9.47 Å². The van der Waals surface area contributed by atoms with Gasteiger partial charge in [-0.15, -0.1) is 0 Å². The Morgan fingerprint density at radius 1 is 0.745 bits per heavy atom. The van der Waals surface area contributed by atoms with Crippen LogP contribution in [-0.4, -0.2) is 58.6 Å². The third-order valence-electron chi connectivity index (χ3n) is 8.52. The molecule has 51 heavy (non-hydrogen) atoms. The Balaban J connectivity index is 2.68. The van der Waals surface area contributed by atoms with Crippen molar-refractivity contribution in [2.45, 2.75) is 157 Å². The molecule has 3 amide bonds. The molecule has 0 spiro atoms. The van der Waals surface area contributed by atoms with E-state index in [1.54, 1.807) is 46.4 Å². The molecule has 3 atom stereocenters. The zero-order valence-corrected chi connectivity index (χ0v) is 33.2. The lowest BCUT2D eigenvalue weighted by Crippen LogP contribution is -2.55. The number of esters is 1. The fourth-order valence-electron chi connectivity index (χ4n) is 5.96. The molecule has 0 heterocycles. The fourth-order valence-corrected chi connectivity index (χ4v) is 5.96. The van der Waals surface area contributed by atoms with Crippen molar-refractivity contribution in [3.63, 3.8) is 0 Å². The number of benzene rings is 2. The number of carbonyl (C=O) groups excluding carboxylic acids is 4. The molecule has 0 aliphatic heterocycles. The molecule has 0 saturated heterocycles. The maximum absolute atomic E-state index is 14.8. The van der Waals surface area contributed by atoms with E-state index in [-0.39, 0.29) is 24.8 Å². The van der Waals surface area contributed by atoms with Gasteiger partial charge in [-0.2, -0.15) is 0 Å². The number of aryl methyl sites for hydroxylation is 1. The van der Waals surface area contributed by atoms with Gasteiger partial charge in [-0.3, -0.25) is 9.59 Å². The fraction of sp³-hybridized carbons (Fsp3) is 0.619. The first kappa shape index (κ1) is 43.3. The summed E-state index contributed by atoms with van der Waals surface area (Å²) in [6, 6.07) is 12.2. The lowest BCUT2D eigenvalue weighted by Gasteiger charge is -2.36. The van der Waals surface area contributed by atoms with E-state index < -0.39 is 47.3 Å². The zero-order valence-electron chi connectivity index (χ0n) is 33.2. The van der Waals surface area contributed by atoms with E-state index in [9.17, 15) is 19.2 Å². The maximum atomic E-state index is 14.8. The van der Waals surface area contributed by atoms with Crippen LogP contribution in [0.4, 0.5) is 4.79 Å². The SMILES string of the molecule is CCCCCCCCN(C(=O)C(CC(C)C)NC(=O)OC(C)(C)C)C(C(=O)NC(Cc1ccccc1)C(=O)OC(C)(C)C)c1cccc(C)c1C. The van der Waals surface area contributed by atoms with Crippen molar-refractivity contribution in [1.29, 1.82) is 0 Å². The van der Waals surface area contributed by atoms with Gasteiger partial charge in [0.1, 0.15) is 29.3 Å². The third kappa shape index (κ3) is 15.5. The predicted octanol–water partition coefficient (Wildman–Crippen LogP) is 8.54. The highest BCUT2D eigenvalue weighted by Crippen LogP contribution is 2.29. The summed E-state index contributed by atoms with van der Waals surface area (Å²) in [6.07, 6.45) is 5.79. The van der Waals surface area contributed by atoms with Crippen molar-refractivity contribution in [1.82, 2.24) is 15.5 Å². The van der Waals surface area contributed by atoms with E-state index in [0.29, 0.717) is 18.4 Å². The summed E-state index contributed by atoms with van der Waals surface area (Å²) in [5.41, 5.74) is 1.82. The molecule has 2 N–H and O–H groups in total. The highest BCUT2D eigenvalue weighted by Gasteiger charge is 2.39. The number of rotatable bonds is 18. The van der Waals surface area contributed by atoms with Gasteiger partial charge in [0.15, 0.2) is 0 Å². The Morgan fingerprint density at radius 3 is 1.94 bits per heavy atom. The molecule has 2 rings (SSSR count). The molecule has 0 aromatic heterocycles. The standard InChI is InChI=1S/C42H65N3O6/c1-12-13-14-15-16-20-26-45(38(47)34(27-29(2)3)44-40(49)51-42(9,10)11)36(33-25-21-22-30(4)31(33)5)37(46)43-35(39(48)50-41(6,7)8)28-32-23-18-17-19-24-32/h17-19,21-25,29,34-36H,12-16,20,26-28H2,1-11H3,(H,43,46)(H,44,49). The molecule has 0 fully saturated rings. The van der Waals surface area contributed by atoms with Crippen LogP contribution in [0.2, 0.25) is 0 Å². The van der Waals surface area contributed by atoms with Gasteiger partial charge in [0.2, 0.25) is 11.8 Å². The topological polar surface area (TPSA) is 114 Å². The van der Waals surface area contributed by atoms with Crippen molar-refractivity contribution < 1.29 is 28.7 Å². The highest BCUT2D eigenvalue weighted by atomic mass is 16.6. The number of carbonyl (C=O) groups is 4. The van der Waals surface area contributed by atoms with Crippen molar-refractivity contribution >= 4 is 23.9 Å². The molecule has 3 unspecified atom stereocenters. The van der Waals surface area contributed by atoms with Crippen LogP contribution in [0.5, 0.6) is 0 Å². The number of hydrogen-bond acceptors (Lipinski definition) is 6. The Labute approximate surface area is 307 Å². The van der Waals surface area contributed by atoms with Gasteiger partial charge >= 0.3 is 12.1 Å². The molecule has 284 valence electrons. The smallest absolute Gasteiger partial charge is 0.408 e. The van der Waals surface area contributed by atoms with Gasteiger partial charge in [0.25, 0.3) is 0 Å². The zero-order chi connectivity index (χ0) is 38.4. The molecular weight excluding hydrogens is 642 g/mol. The van der Waals surface area contributed by atoms with Gasteiger partial charge in [0, 0.05) is 13.0 Å². The second kappa shape index (κ2) is 20.2. The van der Waals surface area contributed by atoms with Crippen molar-refractivity contribution in [3.05, 3.63) is 70.8 Å². The second-order valence-electron chi connectivity index (χ2n) is 16.1. The van der Waals surface area contributed by atoms with Crippen molar-refractivity contribution in [2.75, 3.05) is 6.54 Å². The van der Waals surface area contributed by atoms with Crippen LogP contribution in [0.15, 0.2) is 48.5 Å². The minimum atomic E-state index is -1.08. The van der Waals surface area contributed by atoms with Gasteiger partial charge < -0.3 is 25.0 Å². The summed E-state index contributed by atoms with van der Waals surface area (Å²) in [4.78, 5) is 58.0. The Kier molecular flexibility index (Phi) is 17.2. The summed E-state index contributed by atoms with van der Waals surface area (Å²) in [5, 5.41) is 5.85. The molecule has 9 heteroatoms. The Hall–Kier alpha value is -3.88. The summed E-state index contributed by atoms with van der Waals surface area (Å²) in [6.45, 7) is 21.0. The number of amides is 3. The van der Waals surface area contributed by atoms with Gasteiger partial charge in [-0.1, -0.05) is 101 Å². The summed E-state index contributed by atoms with van der Waals surface area (Å²) >= 11 is 0. The highest BCUT2D eigenvalue weighted by molar-refractivity contribution is 5.94. The van der Waals surface area contributed by atoms with E-state index >= 15 is 0 Å².